The molecule has 98 valence electrons. The van der Waals surface area contributed by atoms with E-state index in [1.807, 2.05) is 6.07 Å². The molecule has 1 aromatic rings. The van der Waals surface area contributed by atoms with Gasteiger partial charge < -0.3 is 14.8 Å². The van der Waals surface area contributed by atoms with Crippen LogP contribution in [0.3, 0.4) is 0 Å². The van der Waals surface area contributed by atoms with Gasteiger partial charge >= 0.3 is 0 Å². The molecule has 1 N–H and O–H groups in total. The summed E-state index contributed by atoms with van der Waals surface area (Å²) in [6.07, 6.45) is 10.7. The fraction of sp³-hybridized carbons (Fsp3) is 0.500. The van der Waals surface area contributed by atoms with Crippen molar-refractivity contribution in [3.63, 3.8) is 0 Å². The molecule has 1 saturated carbocycles. The third-order valence-electron chi connectivity index (χ3n) is 4.77. The maximum Gasteiger partial charge on any atom is 0.205 e. The minimum absolute atomic E-state index is 0.157. The summed E-state index contributed by atoms with van der Waals surface area (Å²) >= 11 is 0. The third kappa shape index (κ3) is 1.35. The number of nitrogens with one attached hydrogen (secondary N) is 1. The second-order valence-corrected chi connectivity index (χ2v) is 5.64. The van der Waals surface area contributed by atoms with Crippen molar-refractivity contribution < 1.29 is 9.47 Å². The number of fused-ring (bicyclic) bond motifs is 1. The van der Waals surface area contributed by atoms with Gasteiger partial charge in [-0.3, -0.25) is 0 Å². The van der Waals surface area contributed by atoms with Crippen molar-refractivity contribution in [1.82, 2.24) is 0 Å². The molecule has 0 saturated heterocycles. The van der Waals surface area contributed by atoms with Crippen LogP contribution in [0.5, 0.6) is 17.2 Å². The Kier molecular flexibility index (Phi) is 2.23. The van der Waals surface area contributed by atoms with E-state index in [-0.39, 0.29) is 6.04 Å². The summed E-state index contributed by atoms with van der Waals surface area (Å²) in [4.78, 5) is 0. The van der Waals surface area contributed by atoms with Crippen molar-refractivity contribution in [1.29, 1.82) is 0 Å². The van der Waals surface area contributed by atoms with E-state index >= 15 is 0 Å². The highest BCUT2D eigenvalue weighted by molar-refractivity contribution is 5.77. The number of hydrogen-bond donors (Lipinski definition) is 1. The molecule has 3 heterocycles. The summed E-state index contributed by atoms with van der Waals surface area (Å²) in [6.45, 7) is 0. The Balaban J connectivity index is 1.85. The molecular weight excluding hydrogens is 238 g/mol. The lowest BCUT2D eigenvalue weighted by molar-refractivity contribution is 0.265. The van der Waals surface area contributed by atoms with Crippen LogP contribution < -0.4 is 14.8 Å². The Bertz CT molecular complexity index is 587. The lowest BCUT2D eigenvalue weighted by Gasteiger charge is -2.44. The summed E-state index contributed by atoms with van der Waals surface area (Å²) in [7, 11) is 1.70. The van der Waals surface area contributed by atoms with E-state index in [2.05, 4.69) is 11.2 Å². The lowest BCUT2D eigenvalue weighted by atomic mass is 9.69. The van der Waals surface area contributed by atoms with Crippen molar-refractivity contribution >= 4 is 5.69 Å². The van der Waals surface area contributed by atoms with E-state index in [4.69, 9.17) is 15.9 Å². The molecule has 1 fully saturated rings. The number of hydrogen-bond acceptors (Lipinski definition) is 3. The monoisotopic (exact) mass is 255 g/mol. The van der Waals surface area contributed by atoms with E-state index in [9.17, 15) is 0 Å². The van der Waals surface area contributed by atoms with Crippen LogP contribution in [0.1, 0.15) is 37.2 Å². The van der Waals surface area contributed by atoms with Crippen LogP contribution in [0.2, 0.25) is 0 Å². The molecule has 0 spiro atoms. The Morgan fingerprint density at radius 3 is 3.05 bits per heavy atom. The number of terminal acetylenes is 1. The topological polar surface area (TPSA) is 30.5 Å². The predicted octanol–water partition coefficient (Wildman–Crippen LogP) is 3.50. The van der Waals surface area contributed by atoms with Crippen LogP contribution in [0, 0.1) is 18.3 Å². The Labute approximate surface area is 113 Å². The summed E-state index contributed by atoms with van der Waals surface area (Å²) in [5, 5.41) is 3.51. The fourth-order valence-electron chi connectivity index (χ4n) is 3.91. The molecule has 0 aromatic heterocycles. The van der Waals surface area contributed by atoms with E-state index in [0.717, 1.165) is 22.9 Å². The molecule has 1 aliphatic carbocycles. The highest BCUT2D eigenvalue weighted by Crippen LogP contribution is 2.61. The van der Waals surface area contributed by atoms with E-state index < -0.39 is 0 Å². The first kappa shape index (κ1) is 11.0. The molecule has 3 aliphatic heterocycles. The molecule has 3 nitrogen and oxygen atoms in total. The molecule has 0 radical (unpaired) electrons. The highest BCUT2D eigenvalue weighted by atomic mass is 16.6. The average Bonchev–Trinajstić information content (AvgIpc) is 2.46. The molecule has 3 atom stereocenters. The standard InChI is InChI=1S/C16H17NO2/c1-3-11-9-6-4-5-7-10(9)14-12(17-11)8-13-15(18-2)16(14)19-13/h1,8-11,17H,4-7H2,2H3. The number of methoxy groups -OCH3 is 1. The summed E-state index contributed by atoms with van der Waals surface area (Å²) in [5.74, 6) is 6.65. The third-order valence-corrected chi connectivity index (χ3v) is 4.77. The van der Waals surface area contributed by atoms with Gasteiger partial charge in [-0.2, -0.15) is 0 Å². The average molecular weight is 255 g/mol. The number of benzene rings is 1. The molecule has 4 aliphatic rings. The Morgan fingerprint density at radius 1 is 1.42 bits per heavy atom. The van der Waals surface area contributed by atoms with Crippen LogP contribution in [0.15, 0.2) is 6.07 Å². The molecule has 19 heavy (non-hydrogen) atoms. The van der Waals surface area contributed by atoms with Crippen molar-refractivity contribution in [3.05, 3.63) is 11.6 Å². The van der Waals surface area contributed by atoms with Crippen LogP contribution in [-0.2, 0) is 0 Å². The van der Waals surface area contributed by atoms with Gasteiger partial charge in [-0.25, -0.2) is 0 Å². The maximum absolute atomic E-state index is 5.73. The first-order valence-electron chi connectivity index (χ1n) is 6.99. The minimum atomic E-state index is 0.157. The zero-order valence-electron chi connectivity index (χ0n) is 11.0. The SMILES string of the molecule is C#CC1Nc2cc3c(OC)c(c2C2CCCCC12)O3. The second kappa shape index (κ2) is 3.84. The van der Waals surface area contributed by atoms with Crippen LogP contribution in [-0.4, -0.2) is 13.2 Å². The zero-order valence-corrected chi connectivity index (χ0v) is 11.0. The van der Waals surface area contributed by atoms with Crippen molar-refractivity contribution in [2.24, 2.45) is 5.92 Å². The van der Waals surface area contributed by atoms with E-state index in [1.165, 1.54) is 31.2 Å². The first-order chi connectivity index (χ1) is 9.33. The van der Waals surface area contributed by atoms with Gasteiger partial charge in [0.1, 0.15) is 0 Å². The summed E-state index contributed by atoms with van der Waals surface area (Å²) in [6, 6.07) is 2.20. The smallest absolute Gasteiger partial charge is 0.205 e. The maximum atomic E-state index is 5.73. The predicted molar refractivity (Wildman–Crippen MR) is 74.0 cm³/mol. The number of ether oxygens (including phenoxy) is 2. The molecule has 2 bridgehead atoms. The van der Waals surface area contributed by atoms with Gasteiger partial charge in [0, 0.05) is 17.3 Å². The zero-order chi connectivity index (χ0) is 13.0. The van der Waals surface area contributed by atoms with Crippen molar-refractivity contribution in [3.8, 4) is 29.6 Å². The minimum Gasteiger partial charge on any atom is -0.490 e. The molecule has 5 rings (SSSR count). The van der Waals surface area contributed by atoms with Gasteiger partial charge in [-0.15, -0.1) is 6.42 Å². The number of anilines is 1. The van der Waals surface area contributed by atoms with Gasteiger partial charge in [0.15, 0.2) is 11.5 Å². The Hall–Kier alpha value is -1.82. The Morgan fingerprint density at radius 2 is 2.26 bits per heavy atom. The number of rotatable bonds is 1. The van der Waals surface area contributed by atoms with Crippen LogP contribution in [0.25, 0.3) is 0 Å². The molecule has 3 unspecified atom stereocenters. The first-order valence-corrected chi connectivity index (χ1v) is 6.99. The summed E-state index contributed by atoms with van der Waals surface area (Å²) < 4.78 is 11.2. The normalized spacial score (nSPS) is 29.8. The molecular formula is C16H17NO2. The largest absolute Gasteiger partial charge is 0.490 e. The quantitative estimate of drug-likeness (QED) is 0.791. The molecule has 1 aromatic carbocycles. The van der Waals surface area contributed by atoms with Gasteiger partial charge in [0.25, 0.3) is 0 Å². The molecule has 3 heteroatoms. The van der Waals surface area contributed by atoms with Gasteiger partial charge in [-0.1, -0.05) is 18.8 Å². The fourth-order valence-corrected chi connectivity index (χ4v) is 3.91. The van der Waals surface area contributed by atoms with E-state index in [1.54, 1.807) is 7.11 Å². The van der Waals surface area contributed by atoms with Gasteiger partial charge in [-0.05, 0) is 24.7 Å². The lowest BCUT2D eigenvalue weighted by Crippen LogP contribution is -2.39. The molecule has 0 amide bonds. The van der Waals surface area contributed by atoms with Gasteiger partial charge in [0.05, 0.1) is 13.2 Å². The summed E-state index contributed by atoms with van der Waals surface area (Å²) in [5.41, 5.74) is 2.45. The second-order valence-electron chi connectivity index (χ2n) is 5.64. The highest BCUT2D eigenvalue weighted by Gasteiger charge is 2.43. The van der Waals surface area contributed by atoms with Crippen LogP contribution >= 0.6 is 0 Å². The van der Waals surface area contributed by atoms with E-state index in [0.29, 0.717) is 11.8 Å². The van der Waals surface area contributed by atoms with Gasteiger partial charge in [0.2, 0.25) is 5.75 Å². The van der Waals surface area contributed by atoms with Crippen molar-refractivity contribution in [2.45, 2.75) is 37.6 Å². The van der Waals surface area contributed by atoms with Crippen molar-refractivity contribution in [2.75, 3.05) is 12.4 Å². The van der Waals surface area contributed by atoms with Crippen LogP contribution in [0.4, 0.5) is 5.69 Å².